The molecule has 0 saturated carbocycles. The lowest BCUT2D eigenvalue weighted by Gasteiger charge is -2.13. The van der Waals surface area contributed by atoms with Gasteiger partial charge in [-0.05, 0) is 6.42 Å². The molecule has 6 heteroatoms. The molecule has 1 unspecified atom stereocenters. The number of thiocarbonyl (C=S) groups is 1. The summed E-state index contributed by atoms with van der Waals surface area (Å²) in [6.45, 7) is 3.88. The summed E-state index contributed by atoms with van der Waals surface area (Å²) in [4.78, 5) is 11.8. The lowest BCUT2D eigenvalue weighted by atomic mass is 10.1. The van der Waals surface area contributed by atoms with Crippen molar-refractivity contribution in [1.82, 2.24) is 5.32 Å². The van der Waals surface area contributed by atoms with Crippen molar-refractivity contribution in [2.24, 2.45) is 11.7 Å². The Morgan fingerprint density at radius 3 is 2.62 bits per heavy atom. The minimum absolute atomic E-state index is 0.134. The van der Waals surface area contributed by atoms with Crippen LogP contribution >= 0.6 is 12.2 Å². The molecular weight excluding hydrogens is 228 g/mol. The molecular formula is C10H20N2O3S. The minimum atomic E-state index is -0.381. The van der Waals surface area contributed by atoms with E-state index in [2.05, 4.69) is 5.32 Å². The van der Waals surface area contributed by atoms with E-state index in [1.54, 1.807) is 7.11 Å². The molecule has 0 fully saturated rings. The van der Waals surface area contributed by atoms with E-state index in [1.165, 1.54) is 0 Å². The molecule has 0 saturated heterocycles. The largest absolute Gasteiger partial charge is 0.393 e. The van der Waals surface area contributed by atoms with Crippen LogP contribution < -0.4 is 11.1 Å². The van der Waals surface area contributed by atoms with Gasteiger partial charge in [0.15, 0.2) is 0 Å². The van der Waals surface area contributed by atoms with Crippen molar-refractivity contribution in [2.45, 2.75) is 13.3 Å². The summed E-state index contributed by atoms with van der Waals surface area (Å²) >= 11 is 4.80. The van der Waals surface area contributed by atoms with Gasteiger partial charge in [-0.15, -0.1) is 0 Å². The number of carbonyl (C=O) groups is 1. The van der Waals surface area contributed by atoms with Crippen molar-refractivity contribution in [3.63, 3.8) is 0 Å². The van der Waals surface area contributed by atoms with Crippen molar-refractivity contribution in [1.29, 1.82) is 0 Å². The van der Waals surface area contributed by atoms with Gasteiger partial charge < -0.3 is 20.5 Å². The molecule has 0 heterocycles. The van der Waals surface area contributed by atoms with Crippen molar-refractivity contribution in [2.75, 3.05) is 33.5 Å². The average molecular weight is 248 g/mol. The van der Waals surface area contributed by atoms with Crippen LogP contribution in [0.4, 0.5) is 0 Å². The van der Waals surface area contributed by atoms with Crippen molar-refractivity contribution in [3.8, 4) is 0 Å². The molecule has 0 aromatic heterocycles. The number of methoxy groups -OCH3 is 1. The Labute approximate surface area is 102 Å². The minimum Gasteiger partial charge on any atom is -0.393 e. The highest BCUT2D eigenvalue weighted by Crippen LogP contribution is 2.02. The highest BCUT2D eigenvalue weighted by Gasteiger charge is 2.18. The summed E-state index contributed by atoms with van der Waals surface area (Å²) in [5.74, 6) is -0.515. The highest BCUT2D eigenvalue weighted by molar-refractivity contribution is 7.80. The van der Waals surface area contributed by atoms with E-state index in [0.29, 0.717) is 32.8 Å². The van der Waals surface area contributed by atoms with E-state index in [1.807, 2.05) is 6.92 Å². The van der Waals surface area contributed by atoms with Crippen LogP contribution in [-0.2, 0) is 14.3 Å². The fourth-order valence-corrected chi connectivity index (χ4v) is 1.40. The second-order valence-electron chi connectivity index (χ2n) is 3.26. The van der Waals surface area contributed by atoms with Crippen LogP contribution in [0.15, 0.2) is 0 Å². The predicted molar refractivity (Wildman–Crippen MR) is 66.3 cm³/mol. The maximum absolute atomic E-state index is 11.5. The number of ether oxygens (including phenoxy) is 2. The van der Waals surface area contributed by atoms with Gasteiger partial charge in [-0.3, -0.25) is 4.79 Å². The van der Waals surface area contributed by atoms with Crippen molar-refractivity contribution in [3.05, 3.63) is 0 Å². The third-order valence-electron chi connectivity index (χ3n) is 2.05. The summed E-state index contributed by atoms with van der Waals surface area (Å²) in [6, 6.07) is 0. The number of hydrogen-bond donors (Lipinski definition) is 2. The Hall–Kier alpha value is -0.720. The van der Waals surface area contributed by atoms with Gasteiger partial charge >= 0.3 is 0 Å². The van der Waals surface area contributed by atoms with Crippen LogP contribution in [0.25, 0.3) is 0 Å². The SMILES string of the molecule is CCC(C(=O)NCCOCCOC)C(N)=S. The summed E-state index contributed by atoms with van der Waals surface area (Å²) < 4.78 is 10.0. The summed E-state index contributed by atoms with van der Waals surface area (Å²) in [5.41, 5.74) is 5.44. The second-order valence-corrected chi connectivity index (χ2v) is 3.73. The summed E-state index contributed by atoms with van der Waals surface area (Å²) in [5, 5.41) is 2.72. The Morgan fingerprint density at radius 1 is 1.44 bits per heavy atom. The summed E-state index contributed by atoms with van der Waals surface area (Å²) in [6.07, 6.45) is 0.617. The quantitative estimate of drug-likeness (QED) is 0.446. The van der Waals surface area contributed by atoms with Gasteiger partial charge in [0.05, 0.1) is 30.7 Å². The number of rotatable bonds is 9. The van der Waals surface area contributed by atoms with Gasteiger partial charge in [0, 0.05) is 13.7 Å². The lowest BCUT2D eigenvalue weighted by molar-refractivity contribution is -0.123. The fraction of sp³-hybridized carbons (Fsp3) is 0.800. The molecule has 0 rings (SSSR count). The molecule has 0 radical (unpaired) electrons. The van der Waals surface area contributed by atoms with Gasteiger partial charge in [0.25, 0.3) is 0 Å². The smallest absolute Gasteiger partial charge is 0.230 e. The van der Waals surface area contributed by atoms with E-state index in [9.17, 15) is 4.79 Å². The zero-order chi connectivity index (χ0) is 12.4. The molecule has 0 aliphatic rings. The Balaban J connectivity index is 3.60. The van der Waals surface area contributed by atoms with E-state index < -0.39 is 0 Å². The maximum atomic E-state index is 11.5. The molecule has 1 amide bonds. The van der Waals surface area contributed by atoms with E-state index >= 15 is 0 Å². The normalized spacial score (nSPS) is 12.1. The first-order valence-electron chi connectivity index (χ1n) is 5.27. The zero-order valence-corrected chi connectivity index (χ0v) is 10.6. The molecule has 5 nitrogen and oxygen atoms in total. The molecule has 16 heavy (non-hydrogen) atoms. The van der Waals surface area contributed by atoms with Gasteiger partial charge in [-0.25, -0.2) is 0 Å². The van der Waals surface area contributed by atoms with Crippen LogP contribution in [0, 0.1) is 5.92 Å². The van der Waals surface area contributed by atoms with Crippen LogP contribution in [0.2, 0.25) is 0 Å². The van der Waals surface area contributed by atoms with Crippen LogP contribution in [0.3, 0.4) is 0 Å². The standard InChI is InChI=1S/C10H20N2O3S/c1-3-8(9(11)16)10(13)12-4-5-15-7-6-14-2/h8H,3-7H2,1-2H3,(H2,11,16)(H,12,13). The topological polar surface area (TPSA) is 73.6 Å². The van der Waals surface area contributed by atoms with E-state index in [4.69, 9.17) is 27.4 Å². The first kappa shape index (κ1) is 15.3. The molecule has 0 bridgehead atoms. The predicted octanol–water partition coefficient (Wildman–Crippen LogP) is 0.0779. The number of carbonyl (C=O) groups excluding carboxylic acids is 1. The van der Waals surface area contributed by atoms with Crippen molar-refractivity contribution < 1.29 is 14.3 Å². The molecule has 94 valence electrons. The lowest BCUT2D eigenvalue weighted by Crippen LogP contribution is -2.38. The molecule has 0 aromatic carbocycles. The van der Waals surface area contributed by atoms with Crippen LogP contribution in [0.5, 0.6) is 0 Å². The highest BCUT2D eigenvalue weighted by atomic mass is 32.1. The molecule has 3 N–H and O–H groups in total. The van der Waals surface area contributed by atoms with E-state index in [0.717, 1.165) is 0 Å². The number of nitrogens with two attached hydrogens (primary N) is 1. The molecule has 0 aromatic rings. The van der Waals surface area contributed by atoms with Crippen molar-refractivity contribution >= 4 is 23.1 Å². The van der Waals surface area contributed by atoms with E-state index in [-0.39, 0.29) is 16.8 Å². The van der Waals surface area contributed by atoms with Gasteiger partial charge in [0.1, 0.15) is 0 Å². The summed E-state index contributed by atoms with van der Waals surface area (Å²) in [7, 11) is 1.61. The first-order chi connectivity index (χ1) is 7.63. The molecule has 0 spiro atoms. The monoisotopic (exact) mass is 248 g/mol. The van der Waals surface area contributed by atoms with Crippen LogP contribution in [0.1, 0.15) is 13.3 Å². The fourth-order valence-electron chi connectivity index (χ4n) is 1.13. The Bertz CT molecular complexity index is 224. The third kappa shape index (κ3) is 6.71. The number of amides is 1. The Morgan fingerprint density at radius 2 is 2.12 bits per heavy atom. The second kappa shape index (κ2) is 9.50. The van der Waals surface area contributed by atoms with Gasteiger partial charge in [0.2, 0.25) is 5.91 Å². The van der Waals surface area contributed by atoms with Gasteiger partial charge in [-0.1, -0.05) is 19.1 Å². The number of hydrogen-bond acceptors (Lipinski definition) is 4. The van der Waals surface area contributed by atoms with Crippen LogP contribution in [-0.4, -0.2) is 44.4 Å². The maximum Gasteiger partial charge on any atom is 0.230 e. The third-order valence-corrected chi connectivity index (χ3v) is 2.33. The first-order valence-corrected chi connectivity index (χ1v) is 5.68. The number of nitrogens with one attached hydrogen (secondary N) is 1. The zero-order valence-electron chi connectivity index (χ0n) is 9.82. The molecule has 0 aliphatic heterocycles. The average Bonchev–Trinajstić information content (AvgIpc) is 2.23. The molecule has 0 aliphatic carbocycles. The van der Waals surface area contributed by atoms with Gasteiger partial charge in [-0.2, -0.15) is 0 Å². The molecule has 1 atom stereocenters. The Kier molecular flexibility index (Phi) is 9.07.